The number of ether oxygens (including phenoxy) is 1. The molecule has 1 aromatic rings. The summed E-state index contributed by atoms with van der Waals surface area (Å²) in [5.41, 5.74) is 7.92. The second-order valence-electron chi connectivity index (χ2n) is 6.00. The molecule has 0 atom stereocenters. The number of nitrogens with zero attached hydrogens (tertiary/aromatic N) is 1. The number of nitrogen functional groups attached to an aromatic ring is 1. The Labute approximate surface area is 123 Å². The topological polar surface area (TPSA) is 38.5 Å². The minimum atomic E-state index is 0.698. The molecule has 1 saturated carbocycles. The maximum atomic E-state index is 5.91. The van der Waals surface area contributed by atoms with Gasteiger partial charge in [0, 0.05) is 24.3 Å². The van der Waals surface area contributed by atoms with E-state index in [1.54, 1.807) is 0 Å². The maximum absolute atomic E-state index is 5.91. The van der Waals surface area contributed by atoms with Crippen LogP contribution in [0, 0.1) is 5.92 Å². The van der Waals surface area contributed by atoms with Gasteiger partial charge < -0.3 is 15.4 Å². The highest BCUT2D eigenvalue weighted by Crippen LogP contribution is 2.26. The van der Waals surface area contributed by atoms with Crippen LogP contribution in [0.2, 0.25) is 0 Å². The van der Waals surface area contributed by atoms with Crippen molar-refractivity contribution >= 4 is 5.69 Å². The highest BCUT2D eigenvalue weighted by atomic mass is 16.5. The minimum absolute atomic E-state index is 0.698. The molecule has 3 heteroatoms. The number of hydrogen-bond acceptors (Lipinski definition) is 3. The second-order valence-corrected chi connectivity index (χ2v) is 6.00. The first-order valence-corrected chi connectivity index (χ1v) is 7.88. The Hall–Kier alpha value is -1.22. The number of rotatable bonds is 6. The SMILES string of the molecule is CCOc1ccc(N)cc1CN(C)CC1CCCCC1. The van der Waals surface area contributed by atoms with Gasteiger partial charge in [-0.15, -0.1) is 0 Å². The van der Waals surface area contributed by atoms with Gasteiger partial charge in [0.25, 0.3) is 0 Å². The summed E-state index contributed by atoms with van der Waals surface area (Å²) in [5, 5.41) is 0. The van der Waals surface area contributed by atoms with E-state index in [0.717, 1.165) is 23.9 Å². The third kappa shape index (κ3) is 4.41. The van der Waals surface area contributed by atoms with Gasteiger partial charge >= 0.3 is 0 Å². The van der Waals surface area contributed by atoms with Crippen molar-refractivity contribution in [3.8, 4) is 5.75 Å². The van der Waals surface area contributed by atoms with Crippen molar-refractivity contribution in [2.75, 3.05) is 25.9 Å². The monoisotopic (exact) mass is 276 g/mol. The van der Waals surface area contributed by atoms with Crippen LogP contribution in [0.3, 0.4) is 0 Å². The van der Waals surface area contributed by atoms with Crippen LogP contribution >= 0.6 is 0 Å². The fourth-order valence-corrected chi connectivity index (χ4v) is 3.19. The van der Waals surface area contributed by atoms with E-state index in [1.165, 1.54) is 44.2 Å². The lowest BCUT2D eigenvalue weighted by atomic mass is 9.89. The standard InChI is InChI=1S/C17H28N2O/c1-3-20-17-10-9-16(18)11-15(17)13-19(2)12-14-7-5-4-6-8-14/h9-11,14H,3-8,12-13,18H2,1-2H3. The van der Waals surface area contributed by atoms with Crippen molar-refractivity contribution in [2.24, 2.45) is 5.92 Å². The molecule has 0 heterocycles. The van der Waals surface area contributed by atoms with Crippen LogP contribution in [-0.4, -0.2) is 25.1 Å². The molecule has 1 aliphatic rings. The second kappa shape index (κ2) is 7.53. The fraction of sp³-hybridized carbons (Fsp3) is 0.647. The Balaban J connectivity index is 1.95. The number of benzene rings is 1. The maximum Gasteiger partial charge on any atom is 0.123 e. The Kier molecular flexibility index (Phi) is 5.72. The third-order valence-electron chi connectivity index (χ3n) is 4.12. The summed E-state index contributed by atoms with van der Waals surface area (Å²) < 4.78 is 5.70. The minimum Gasteiger partial charge on any atom is -0.494 e. The van der Waals surface area contributed by atoms with E-state index in [2.05, 4.69) is 11.9 Å². The van der Waals surface area contributed by atoms with Crippen molar-refractivity contribution in [3.05, 3.63) is 23.8 Å². The fourth-order valence-electron chi connectivity index (χ4n) is 3.19. The molecule has 0 spiro atoms. The van der Waals surface area contributed by atoms with Crippen molar-refractivity contribution in [3.63, 3.8) is 0 Å². The predicted octanol–water partition coefficient (Wildman–Crippen LogP) is 3.68. The molecule has 1 aliphatic carbocycles. The van der Waals surface area contributed by atoms with Gasteiger partial charge in [0.15, 0.2) is 0 Å². The Morgan fingerprint density at radius 2 is 2.00 bits per heavy atom. The van der Waals surface area contributed by atoms with Gasteiger partial charge in [-0.1, -0.05) is 19.3 Å². The molecule has 0 amide bonds. The molecule has 0 unspecified atom stereocenters. The van der Waals surface area contributed by atoms with E-state index >= 15 is 0 Å². The highest BCUT2D eigenvalue weighted by Gasteiger charge is 2.16. The first kappa shape index (κ1) is 15.2. The molecule has 0 aliphatic heterocycles. The summed E-state index contributed by atoms with van der Waals surface area (Å²) in [6, 6.07) is 5.95. The smallest absolute Gasteiger partial charge is 0.123 e. The molecule has 2 N–H and O–H groups in total. The van der Waals surface area contributed by atoms with Crippen LogP contribution in [0.25, 0.3) is 0 Å². The molecule has 0 saturated heterocycles. The predicted molar refractivity (Wildman–Crippen MR) is 84.9 cm³/mol. The zero-order valence-electron chi connectivity index (χ0n) is 12.9. The van der Waals surface area contributed by atoms with Gasteiger partial charge in [0.05, 0.1) is 6.61 Å². The normalized spacial score (nSPS) is 16.6. The van der Waals surface area contributed by atoms with E-state index in [9.17, 15) is 0 Å². The van der Waals surface area contributed by atoms with Crippen LogP contribution < -0.4 is 10.5 Å². The number of anilines is 1. The lowest BCUT2D eigenvalue weighted by Gasteiger charge is -2.27. The van der Waals surface area contributed by atoms with Gasteiger partial charge in [-0.2, -0.15) is 0 Å². The van der Waals surface area contributed by atoms with Crippen LogP contribution in [-0.2, 0) is 6.54 Å². The molecule has 3 nitrogen and oxygen atoms in total. The quantitative estimate of drug-likeness (QED) is 0.806. The summed E-state index contributed by atoms with van der Waals surface area (Å²) in [4.78, 5) is 2.41. The number of nitrogens with two attached hydrogens (primary N) is 1. The van der Waals surface area contributed by atoms with Crippen LogP contribution in [0.4, 0.5) is 5.69 Å². The van der Waals surface area contributed by atoms with E-state index in [-0.39, 0.29) is 0 Å². The molecule has 112 valence electrons. The zero-order valence-corrected chi connectivity index (χ0v) is 12.9. The molecule has 2 rings (SSSR count). The molecule has 1 fully saturated rings. The van der Waals surface area contributed by atoms with E-state index in [4.69, 9.17) is 10.5 Å². The molecule has 0 bridgehead atoms. The van der Waals surface area contributed by atoms with Crippen LogP contribution in [0.15, 0.2) is 18.2 Å². The number of hydrogen-bond donors (Lipinski definition) is 1. The molecular weight excluding hydrogens is 248 g/mol. The first-order chi connectivity index (χ1) is 9.69. The molecular formula is C17H28N2O. The van der Waals surface area contributed by atoms with E-state index in [1.807, 2.05) is 25.1 Å². The van der Waals surface area contributed by atoms with Crippen LogP contribution in [0.1, 0.15) is 44.6 Å². The van der Waals surface area contributed by atoms with E-state index in [0.29, 0.717) is 6.61 Å². The van der Waals surface area contributed by atoms with Gasteiger partial charge in [-0.25, -0.2) is 0 Å². The van der Waals surface area contributed by atoms with Crippen LogP contribution in [0.5, 0.6) is 5.75 Å². The van der Waals surface area contributed by atoms with E-state index < -0.39 is 0 Å². The lowest BCUT2D eigenvalue weighted by Crippen LogP contribution is -2.27. The average Bonchev–Trinajstić information content (AvgIpc) is 2.43. The summed E-state index contributed by atoms with van der Waals surface area (Å²) in [6.07, 6.45) is 7.01. The van der Waals surface area contributed by atoms with Gasteiger partial charge in [0.1, 0.15) is 5.75 Å². The summed E-state index contributed by atoms with van der Waals surface area (Å²) in [6.45, 7) is 4.81. The Morgan fingerprint density at radius 1 is 1.25 bits per heavy atom. The Morgan fingerprint density at radius 3 is 2.70 bits per heavy atom. The highest BCUT2D eigenvalue weighted by molar-refractivity contribution is 5.47. The van der Waals surface area contributed by atoms with Crippen molar-refractivity contribution in [1.82, 2.24) is 4.90 Å². The summed E-state index contributed by atoms with van der Waals surface area (Å²) >= 11 is 0. The molecule has 0 aromatic heterocycles. The summed E-state index contributed by atoms with van der Waals surface area (Å²) in [7, 11) is 2.20. The van der Waals surface area contributed by atoms with Crippen molar-refractivity contribution in [2.45, 2.75) is 45.6 Å². The van der Waals surface area contributed by atoms with Gasteiger partial charge in [0.2, 0.25) is 0 Å². The largest absolute Gasteiger partial charge is 0.494 e. The first-order valence-electron chi connectivity index (χ1n) is 7.88. The summed E-state index contributed by atoms with van der Waals surface area (Å²) in [5.74, 6) is 1.84. The molecule has 20 heavy (non-hydrogen) atoms. The van der Waals surface area contributed by atoms with Crippen molar-refractivity contribution < 1.29 is 4.74 Å². The van der Waals surface area contributed by atoms with Crippen molar-refractivity contribution in [1.29, 1.82) is 0 Å². The molecule has 1 aromatic carbocycles. The Bertz CT molecular complexity index is 413. The molecule has 0 radical (unpaired) electrons. The average molecular weight is 276 g/mol. The lowest BCUT2D eigenvalue weighted by molar-refractivity contribution is 0.225. The zero-order chi connectivity index (χ0) is 14.4. The van der Waals surface area contributed by atoms with Gasteiger partial charge in [-0.05, 0) is 50.9 Å². The third-order valence-corrected chi connectivity index (χ3v) is 4.12. The van der Waals surface area contributed by atoms with Gasteiger partial charge in [-0.3, -0.25) is 0 Å².